The van der Waals surface area contributed by atoms with E-state index in [0.29, 0.717) is 17.1 Å². The summed E-state index contributed by atoms with van der Waals surface area (Å²) in [7, 11) is 3.04. The van der Waals surface area contributed by atoms with Crippen LogP contribution in [0.25, 0.3) is 0 Å². The molecule has 6 heteroatoms. The molecule has 0 aromatic heterocycles. The molecule has 6 nitrogen and oxygen atoms in total. The summed E-state index contributed by atoms with van der Waals surface area (Å²) in [5.41, 5.74) is 1.55. The van der Waals surface area contributed by atoms with Crippen LogP contribution in [0.5, 0.6) is 17.2 Å². The van der Waals surface area contributed by atoms with Gasteiger partial charge in [0.15, 0.2) is 5.78 Å². The minimum Gasteiger partial charge on any atom is -0.496 e. The number of Topliss-reactive ketones (excluding diaryl/α,β-unsaturated/α-hetero) is 1. The van der Waals surface area contributed by atoms with Crippen LogP contribution in [0.4, 0.5) is 0 Å². The Balaban J connectivity index is 2.45. The lowest BCUT2D eigenvalue weighted by Gasteiger charge is -2.17. The van der Waals surface area contributed by atoms with Crippen LogP contribution in [0.3, 0.4) is 0 Å². The molecule has 0 bridgehead atoms. The van der Waals surface area contributed by atoms with Gasteiger partial charge < -0.3 is 14.2 Å². The number of esters is 1. The number of hydrogen-bond acceptors (Lipinski definition) is 6. The van der Waals surface area contributed by atoms with E-state index in [4.69, 9.17) is 19.5 Å². The topological polar surface area (TPSA) is 85.6 Å². The Morgan fingerprint density at radius 1 is 1.00 bits per heavy atom. The third kappa shape index (κ3) is 4.26. The van der Waals surface area contributed by atoms with E-state index in [-0.39, 0.29) is 28.6 Å². The maximum absolute atomic E-state index is 12.7. The predicted molar refractivity (Wildman–Crippen MR) is 99.8 cm³/mol. The molecule has 2 aromatic carbocycles. The SMILES string of the molecule is COc1cc(C(=O)Oc2ccc(C#N)cc2C(C)=O)cc(OC)c1C(C)C. The quantitative estimate of drug-likeness (QED) is 0.434. The molecular weight excluding hydrogens is 346 g/mol. The molecule has 0 atom stereocenters. The van der Waals surface area contributed by atoms with Crippen LogP contribution in [0.2, 0.25) is 0 Å². The van der Waals surface area contributed by atoms with Gasteiger partial charge in [-0.3, -0.25) is 4.79 Å². The Kier molecular flexibility index (Phi) is 6.19. The van der Waals surface area contributed by atoms with Crippen LogP contribution >= 0.6 is 0 Å². The van der Waals surface area contributed by atoms with Crippen LogP contribution in [-0.4, -0.2) is 26.0 Å². The van der Waals surface area contributed by atoms with Gasteiger partial charge in [0.25, 0.3) is 0 Å². The molecule has 2 aromatic rings. The second-order valence-electron chi connectivity index (χ2n) is 6.22. The molecule has 0 saturated heterocycles. The van der Waals surface area contributed by atoms with E-state index >= 15 is 0 Å². The van der Waals surface area contributed by atoms with Gasteiger partial charge >= 0.3 is 5.97 Å². The van der Waals surface area contributed by atoms with Crippen molar-refractivity contribution in [1.82, 2.24) is 0 Å². The number of ketones is 1. The fourth-order valence-electron chi connectivity index (χ4n) is 2.75. The monoisotopic (exact) mass is 367 g/mol. The summed E-state index contributed by atoms with van der Waals surface area (Å²) in [5.74, 6) is 0.292. The van der Waals surface area contributed by atoms with Gasteiger partial charge in [-0.15, -0.1) is 0 Å². The highest BCUT2D eigenvalue weighted by Gasteiger charge is 2.21. The third-order valence-corrected chi connectivity index (χ3v) is 4.05. The lowest BCUT2D eigenvalue weighted by molar-refractivity contribution is 0.0732. The number of rotatable bonds is 6. The first-order valence-corrected chi connectivity index (χ1v) is 8.35. The highest BCUT2D eigenvalue weighted by Crippen LogP contribution is 2.36. The highest BCUT2D eigenvalue weighted by atomic mass is 16.5. The maximum Gasteiger partial charge on any atom is 0.343 e. The van der Waals surface area contributed by atoms with Crippen LogP contribution < -0.4 is 14.2 Å². The Labute approximate surface area is 158 Å². The number of hydrogen-bond donors (Lipinski definition) is 0. The highest BCUT2D eigenvalue weighted by molar-refractivity contribution is 5.99. The Morgan fingerprint density at radius 2 is 1.59 bits per heavy atom. The van der Waals surface area contributed by atoms with E-state index in [1.807, 2.05) is 19.9 Å². The van der Waals surface area contributed by atoms with Crippen LogP contribution in [0, 0.1) is 11.3 Å². The van der Waals surface area contributed by atoms with Crippen molar-refractivity contribution in [3.8, 4) is 23.3 Å². The summed E-state index contributed by atoms with van der Waals surface area (Å²) in [6.07, 6.45) is 0. The van der Waals surface area contributed by atoms with E-state index in [1.165, 1.54) is 39.3 Å². The second-order valence-corrected chi connectivity index (χ2v) is 6.22. The van der Waals surface area contributed by atoms with Crippen LogP contribution in [0.15, 0.2) is 30.3 Å². The molecule has 0 saturated carbocycles. The Morgan fingerprint density at radius 3 is 2.04 bits per heavy atom. The van der Waals surface area contributed by atoms with E-state index < -0.39 is 5.97 Å². The van der Waals surface area contributed by atoms with E-state index in [2.05, 4.69) is 0 Å². The number of ether oxygens (including phenoxy) is 3. The lowest BCUT2D eigenvalue weighted by Crippen LogP contribution is -2.12. The Bertz CT molecular complexity index is 900. The van der Waals surface area contributed by atoms with E-state index in [1.54, 1.807) is 12.1 Å². The molecule has 0 unspecified atom stereocenters. The average Bonchev–Trinajstić information content (AvgIpc) is 2.66. The summed E-state index contributed by atoms with van der Waals surface area (Å²) in [5, 5.41) is 8.98. The van der Waals surface area contributed by atoms with Gasteiger partial charge in [0.2, 0.25) is 0 Å². The van der Waals surface area contributed by atoms with Crippen LogP contribution in [-0.2, 0) is 0 Å². The molecule has 2 rings (SSSR count). The van der Waals surface area contributed by atoms with E-state index in [9.17, 15) is 9.59 Å². The summed E-state index contributed by atoms with van der Waals surface area (Å²) in [6, 6.07) is 9.43. The zero-order chi connectivity index (χ0) is 20.1. The van der Waals surface area contributed by atoms with Crippen molar-refractivity contribution in [2.24, 2.45) is 0 Å². The zero-order valence-electron chi connectivity index (χ0n) is 16.0. The normalized spacial score (nSPS) is 10.3. The van der Waals surface area contributed by atoms with Crippen molar-refractivity contribution in [2.75, 3.05) is 14.2 Å². The molecule has 0 aliphatic carbocycles. The van der Waals surface area contributed by atoms with Gasteiger partial charge in [-0.25, -0.2) is 4.79 Å². The number of methoxy groups -OCH3 is 2. The molecule has 0 aliphatic rings. The van der Waals surface area contributed by atoms with Crippen molar-refractivity contribution in [3.05, 3.63) is 52.6 Å². The molecule has 27 heavy (non-hydrogen) atoms. The van der Waals surface area contributed by atoms with Crippen molar-refractivity contribution in [2.45, 2.75) is 26.7 Å². The maximum atomic E-state index is 12.7. The average molecular weight is 367 g/mol. The third-order valence-electron chi connectivity index (χ3n) is 4.05. The van der Waals surface area contributed by atoms with Crippen molar-refractivity contribution >= 4 is 11.8 Å². The first-order valence-electron chi connectivity index (χ1n) is 8.35. The molecule has 0 radical (unpaired) electrons. The molecule has 0 N–H and O–H groups in total. The molecule has 0 spiro atoms. The van der Waals surface area contributed by atoms with Gasteiger partial charge in [0.05, 0.1) is 37.0 Å². The van der Waals surface area contributed by atoms with E-state index in [0.717, 1.165) is 5.56 Å². The largest absolute Gasteiger partial charge is 0.496 e. The summed E-state index contributed by atoms with van der Waals surface area (Å²) in [4.78, 5) is 24.5. The minimum absolute atomic E-state index is 0.0948. The molecule has 0 fully saturated rings. The summed E-state index contributed by atoms with van der Waals surface area (Å²) in [6.45, 7) is 5.33. The molecular formula is C21H21NO5. The Hall–Kier alpha value is -3.33. The predicted octanol–water partition coefficient (Wildman–Crippen LogP) is 4.12. The summed E-state index contributed by atoms with van der Waals surface area (Å²) >= 11 is 0. The zero-order valence-corrected chi connectivity index (χ0v) is 16.0. The fraction of sp³-hybridized carbons (Fsp3) is 0.286. The smallest absolute Gasteiger partial charge is 0.343 e. The molecule has 140 valence electrons. The number of nitriles is 1. The fourth-order valence-corrected chi connectivity index (χ4v) is 2.75. The van der Waals surface area contributed by atoms with Gasteiger partial charge in [-0.05, 0) is 43.2 Å². The molecule has 0 aliphatic heterocycles. The minimum atomic E-state index is -0.658. The first kappa shape index (κ1) is 20.0. The first-order chi connectivity index (χ1) is 12.8. The lowest BCUT2D eigenvalue weighted by atomic mass is 9.98. The second kappa shape index (κ2) is 8.37. The van der Waals surface area contributed by atoms with Crippen molar-refractivity contribution < 1.29 is 23.8 Å². The van der Waals surface area contributed by atoms with Crippen LogP contribution in [0.1, 0.15) is 58.5 Å². The molecule has 0 amide bonds. The van der Waals surface area contributed by atoms with Gasteiger partial charge in [-0.1, -0.05) is 13.8 Å². The number of carbonyl (C=O) groups is 2. The standard InChI is InChI=1S/C21H21NO5/c1-12(2)20-18(25-4)9-15(10-19(20)26-5)21(24)27-17-7-6-14(11-22)8-16(17)13(3)23/h6-10,12H,1-5H3. The van der Waals surface area contributed by atoms with Crippen molar-refractivity contribution in [1.29, 1.82) is 5.26 Å². The van der Waals surface area contributed by atoms with Gasteiger partial charge in [-0.2, -0.15) is 5.26 Å². The van der Waals surface area contributed by atoms with Crippen molar-refractivity contribution in [3.63, 3.8) is 0 Å². The number of carbonyl (C=O) groups excluding carboxylic acids is 2. The number of nitrogens with zero attached hydrogens (tertiary/aromatic N) is 1. The number of benzene rings is 2. The molecule has 0 heterocycles. The van der Waals surface area contributed by atoms with Gasteiger partial charge in [0.1, 0.15) is 17.2 Å². The van der Waals surface area contributed by atoms with Gasteiger partial charge in [0, 0.05) is 5.56 Å². The summed E-state index contributed by atoms with van der Waals surface area (Å²) < 4.78 is 16.2.